The van der Waals surface area contributed by atoms with Gasteiger partial charge in [0.1, 0.15) is 11.9 Å². The standard InChI is InChI=1S/C11H21NO3/c1-8(2)9(7-13)6-12-10(14)15-11(3,4)5/h7-9H,6H2,1-5H3,(H,12,14)/t9-/m0/s1. The minimum atomic E-state index is -0.501. The minimum Gasteiger partial charge on any atom is -0.444 e. The lowest BCUT2D eigenvalue weighted by Crippen LogP contribution is -2.36. The van der Waals surface area contributed by atoms with Gasteiger partial charge in [0.2, 0.25) is 0 Å². The van der Waals surface area contributed by atoms with E-state index in [0.29, 0.717) is 6.54 Å². The molecule has 0 rings (SSSR count). The lowest BCUT2D eigenvalue weighted by molar-refractivity contribution is -0.112. The molecule has 0 saturated heterocycles. The number of nitrogens with one attached hydrogen (secondary N) is 1. The first-order chi connectivity index (χ1) is 6.76. The summed E-state index contributed by atoms with van der Waals surface area (Å²) >= 11 is 0. The molecule has 0 bridgehead atoms. The topological polar surface area (TPSA) is 55.4 Å². The molecule has 0 spiro atoms. The van der Waals surface area contributed by atoms with Gasteiger partial charge in [0, 0.05) is 12.5 Å². The van der Waals surface area contributed by atoms with Crippen molar-refractivity contribution in [3.63, 3.8) is 0 Å². The minimum absolute atomic E-state index is 0.155. The highest BCUT2D eigenvalue weighted by molar-refractivity contribution is 5.68. The fourth-order valence-corrected chi connectivity index (χ4v) is 0.956. The number of carbonyl (C=O) groups excluding carboxylic acids is 2. The van der Waals surface area contributed by atoms with E-state index in [1.165, 1.54) is 0 Å². The fraction of sp³-hybridized carbons (Fsp3) is 0.818. The molecule has 1 amide bonds. The normalized spacial score (nSPS) is 13.5. The summed E-state index contributed by atoms with van der Waals surface area (Å²) in [6.07, 6.45) is 0.386. The van der Waals surface area contributed by atoms with Crippen LogP contribution in [-0.2, 0) is 9.53 Å². The Kier molecular flexibility index (Phi) is 5.33. The molecule has 0 aromatic heterocycles. The largest absolute Gasteiger partial charge is 0.444 e. The van der Waals surface area contributed by atoms with Gasteiger partial charge < -0.3 is 14.8 Å². The second kappa shape index (κ2) is 5.73. The van der Waals surface area contributed by atoms with Gasteiger partial charge in [0.25, 0.3) is 0 Å². The molecule has 1 atom stereocenters. The van der Waals surface area contributed by atoms with E-state index in [0.717, 1.165) is 6.29 Å². The van der Waals surface area contributed by atoms with Crippen molar-refractivity contribution < 1.29 is 14.3 Å². The molecule has 0 aliphatic rings. The molecular weight excluding hydrogens is 194 g/mol. The lowest BCUT2D eigenvalue weighted by Gasteiger charge is -2.21. The van der Waals surface area contributed by atoms with Gasteiger partial charge >= 0.3 is 6.09 Å². The van der Waals surface area contributed by atoms with E-state index >= 15 is 0 Å². The summed E-state index contributed by atoms with van der Waals surface area (Å²) < 4.78 is 5.05. The molecule has 0 heterocycles. The predicted octanol–water partition coefficient (Wildman–Crippen LogP) is 1.98. The maximum atomic E-state index is 11.3. The maximum Gasteiger partial charge on any atom is 0.407 e. The first-order valence-corrected chi connectivity index (χ1v) is 5.18. The Hall–Kier alpha value is -1.06. The Labute approximate surface area is 91.4 Å². The van der Waals surface area contributed by atoms with Gasteiger partial charge in [-0.1, -0.05) is 13.8 Å². The highest BCUT2D eigenvalue weighted by Gasteiger charge is 2.18. The zero-order chi connectivity index (χ0) is 12.1. The van der Waals surface area contributed by atoms with Crippen LogP contribution in [-0.4, -0.2) is 24.5 Å². The number of amides is 1. The lowest BCUT2D eigenvalue weighted by atomic mass is 9.98. The summed E-state index contributed by atoms with van der Waals surface area (Å²) in [6, 6.07) is 0. The summed E-state index contributed by atoms with van der Waals surface area (Å²) in [5.41, 5.74) is -0.501. The Balaban J connectivity index is 3.94. The molecule has 0 unspecified atom stereocenters. The molecule has 15 heavy (non-hydrogen) atoms. The second-order valence-electron chi connectivity index (χ2n) is 4.93. The molecule has 0 aromatic carbocycles. The van der Waals surface area contributed by atoms with Crippen LogP contribution in [0.3, 0.4) is 0 Å². The number of ether oxygens (including phenoxy) is 1. The van der Waals surface area contributed by atoms with E-state index in [-0.39, 0.29) is 11.8 Å². The van der Waals surface area contributed by atoms with Crippen molar-refractivity contribution in [1.82, 2.24) is 5.32 Å². The summed E-state index contributed by atoms with van der Waals surface area (Å²) in [6.45, 7) is 9.60. The molecular formula is C11H21NO3. The Morgan fingerprint density at radius 2 is 1.93 bits per heavy atom. The summed E-state index contributed by atoms with van der Waals surface area (Å²) in [7, 11) is 0. The molecule has 0 aromatic rings. The molecule has 4 heteroatoms. The van der Waals surface area contributed by atoms with Crippen LogP contribution in [0.4, 0.5) is 4.79 Å². The van der Waals surface area contributed by atoms with E-state index in [2.05, 4.69) is 5.32 Å². The first kappa shape index (κ1) is 13.9. The van der Waals surface area contributed by atoms with Crippen molar-refractivity contribution >= 4 is 12.4 Å². The van der Waals surface area contributed by atoms with E-state index in [1.54, 1.807) is 20.8 Å². The van der Waals surface area contributed by atoms with Crippen molar-refractivity contribution in [3.05, 3.63) is 0 Å². The molecule has 1 N–H and O–H groups in total. The Morgan fingerprint density at radius 3 is 2.27 bits per heavy atom. The molecule has 0 saturated carbocycles. The van der Waals surface area contributed by atoms with E-state index in [1.807, 2.05) is 13.8 Å². The molecule has 0 aliphatic carbocycles. The van der Waals surface area contributed by atoms with Crippen LogP contribution >= 0.6 is 0 Å². The highest BCUT2D eigenvalue weighted by atomic mass is 16.6. The number of hydrogen-bond donors (Lipinski definition) is 1. The van der Waals surface area contributed by atoms with Gasteiger partial charge in [0.15, 0.2) is 0 Å². The molecule has 88 valence electrons. The third-order valence-electron chi connectivity index (χ3n) is 1.91. The maximum absolute atomic E-state index is 11.3. The van der Waals surface area contributed by atoms with Crippen LogP contribution in [0.2, 0.25) is 0 Å². The number of aldehydes is 1. The predicted molar refractivity (Wildman–Crippen MR) is 58.6 cm³/mol. The van der Waals surface area contributed by atoms with Gasteiger partial charge in [-0.2, -0.15) is 0 Å². The Morgan fingerprint density at radius 1 is 1.40 bits per heavy atom. The number of hydrogen-bond acceptors (Lipinski definition) is 3. The van der Waals surface area contributed by atoms with Crippen molar-refractivity contribution in [1.29, 1.82) is 0 Å². The van der Waals surface area contributed by atoms with Crippen molar-refractivity contribution in [3.8, 4) is 0 Å². The monoisotopic (exact) mass is 215 g/mol. The van der Waals surface area contributed by atoms with Crippen LogP contribution in [0.5, 0.6) is 0 Å². The third kappa shape index (κ3) is 6.94. The molecule has 0 radical (unpaired) electrons. The number of rotatable bonds is 4. The summed E-state index contributed by atoms with van der Waals surface area (Å²) in [5, 5.41) is 2.58. The van der Waals surface area contributed by atoms with Crippen LogP contribution in [0.15, 0.2) is 0 Å². The Bertz CT molecular complexity index is 218. The van der Waals surface area contributed by atoms with Crippen molar-refractivity contribution in [2.45, 2.75) is 40.2 Å². The van der Waals surface area contributed by atoms with Gasteiger partial charge in [0.05, 0.1) is 0 Å². The van der Waals surface area contributed by atoms with Gasteiger partial charge in [-0.05, 0) is 26.7 Å². The van der Waals surface area contributed by atoms with Crippen LogP contribution in [0.25, 0.3) is 0 Å². The van der Waals surface area contributed by atoms with Gasteiger partial charge in [-0.25, -0.2) is 4.79 Å². The zero-order valence-corrected chi connectivity index (χ0v) is 10.2. The zero-order valence-electron chi connectivity index (χ0n) is 10.2. The molecule has 0 aliphatic heterocycles. The van der Waals surface area contributed by atoms with Crippen molar-refractivity contribution in [2.24, 2.45) is 11.8 Å². The number of alkyl carbamates (subject to hydrolysis) is 1. The van der Waals surface area contributed by atoms with E-state index < -0.39 is 11.7 Å². The highest BCUT2D eigenvalue weighted by Crippen LogP contribution is 2.08. The smallest absolute Gasteiger partial charge is 0.407 e. The average Bonchev–Trinajstić information content (AvgIpc) is 2.01. The first-order valence-electron chi connectivity index (χ1n) is 5.18. The van der Waals surface area contributed by atoms with E-state index in [9.17, 15) is 9.59 Å². The quantitative estimate of drug-likeness (QED) is 0.729. The molecule has 0 fully saturated rings. The van der Waals surface area contributed by atoms with E-state index in [4.69, 9.17) is 4.74 Å². The third-order valence-corrected chi connectivity index (χ3v) is 1.91. The summed E-state index contributed by atoms with van der Waals surface area (Å²) in [4.78, 5) is 21.9. The van der Waals surface area contributed by atoms with Gasteiger partial charge in [-0.3, -0.25) is 0 Å². The van der Waals surface area contributed by atoms with Crippen molar-refractivity contribution in [2.75, 3.05) is 6.54 Å². The van der Waals surface area contributed by atoms with Crippen LogP contribution in [0, 0.1) is 11.8 Å². The SMILES string of the molecule is CC(C)[C@H](C=O)CNC(=O)OC(C)(C)C. The number of carbonyl (C=O) groups is 2. The van der Waals surface area contributed by atoms with Crippen LogP contribution < -0.4 is 5.32 Å². The van der Waals surface area contributed by atoms with Crippen LogP contribution in [0.1, 0.15) is 34.6 Å². The average molecular weight is 215 g/mol. The van der Waals surface area contributed by atoms with Gasteiger partial charge in [-0.15, -0.1) is 0 Å². The second-order valence-corrected chi connectivity index (χ2v) is 4.93. The molecule has 4 nitrogen and oxygen atoms in total. The summed E-state index contributed by atoms with van der Waals surface area (Å²) in [5.74, 6) is 0.0648. The fourth-order valence-electron chi connectivity index (χ4n) is 0.956.